The summed E-state index contributed by atoms with van der Waals surface area (Å²) in [4.78, 5) is 4.53. The third-order valence-corrected chi connectivity index (χ3v) is 2.79. The normalized spacial score (nSPS) is 12.1. The van der Waals surface area contributed by atoms with Crippen LogP contribution in [-0.4, -0.2) is 38.8 Å². The van der Waals surface area contributed by atoms with E-state index < -0.39 is 0 Å². The van der Waals surface area contributed by atoms with Gasteiger partial charge in [-0.2, -0.15) is 0 Å². The highest BCUT2D eigenvalue weighted by Crippen LogP contribution is 2.18. The first kappa shape index (κ1) is 20.8. The van der Waals surface area contributed by atoms with Gasteiger partial charge in [-0.05, 0) is 44.5 Å². The molecule has 0 bridgehead atoms. The Morgan fingerprint density at radius 3 is 2.32 bits per heavy atom. The number of rotatable bonds is 8. The van der Waals surface area contributed by atoms with Crippen molar-refractivity contribution in [2.45, 2.75) is 33.3 Å². The molecule has 5 nitrogen and oxygen atoms in total. The number of nitrogens with one attached hydrogen (secondary N) is 2. The standard InChI is InChI=1S/C16H27N3O2.HI/c1-5-11-18-16(17-6-2)19-12-13(3)21-15-9-7-14(20-4)8-10-15;/h7-10,13H,5-6,11-12H2,1-4H3,(H2,17,18,19);1H. The summed E-state index contributed by atoms with van der Waals surface area (Å²) in [6, 6.07) is 7.58. The Kier molecular flexibility index (Phi) is 11.7. The van der Waals surface area contributed by atoms with Crippen molar-refractivity contribution in [2.24, 2.45) is 4.99 Å². The van der Waals surface area contributed by atoms with Gasteiger partial charge in [0.05, 0.1) is 13.7 Å². The maximum Gasteiger partial charge on any atom is 0.191 e. The Morgan fingerprint density at radius 1 is 1.14 bits per heavy atom. The molecule has 0 aliphatic heterocycles. The molecule has 2 N–H and O–H groups in total. The van der Waals surface area contributed by atoms with Crippen LogP contribution in [0.25, 0.3) is 0 Å². The Labute approximate surface area is 150 Å². The van der Waals surface area contributed by atoms with E-state index in [4.69, 9.17) is 9.47 Å². The molecule has 0 aromatic heterocycles. The summed E-state index contributed by atoms with van der Waals surface area (Å²) < 4.78 is 11.0. The van der Waals surface area contributed by atoms with E-state index in [0.29, 0.717) is 6.54 Å². The van der Waals surface area contributed by atoms with Gasteiger partial charge in [-0.25, -0.2) is 4.99 Å². The molecule has 1 unspecified atom stereocenters. The lowest BCUT2D eigenvalue weighted by atomic mass is 10.3. The van der Waals surface area contributed by atoms with Crippen LogP contribution in [0.3, 0.4) is 0 Å². The first-order chi connectivity index (χ1) is 10.2. The van der Waals surface area contributed by atoms with Crippen LogP contribution >= 0.6 is 24.0 Å². The van der Waals surface area contributed by atoms with Crippen LogP contribution in [-0.2, 0) is 0 Å². The third kappa shape index (κ3) is 8.31. The molecule has 0 aliphatic carbocycles. The molecule has 6 heteroatoms. The van der Waals surface area contributed by atoms with E-state index in [0.717, 1.165) is 37.0 Å². The SMILES string of the molecule is CCCNC(=NCC(C)Oc1ccc(OC)cc1)NCC.I. The molecule has 0 fully saturated rings. The summed E-state index contributed by atoms with van der Waals surface area (Å²) in [5.41, 5.74) is 0. The number of halogens is 1. The monoisotopic (exact) mass is 421 g/mol. The number of hydrogen-bond acceptors (Lipinski definition) is 3. The van der Waals surface area contributed by atoms with E-state index in [1.165, 1.54) is 0 Å². The molecule has 0 aliphatic rings. The van der Waals surface area contributed by atoms with Crippen molar-refractivity contribution in [3.63, 3.8) is 0 Å². The van der Waals surface area contributed by atoms with Gasteiger partial charge >= 0.3 is 0 Å². The highest BCUT2D eigenvalue weighted by atomic mass is 127. The zero-order valence-corrected chi connectivity index (χ0v) is 16.2. The largest absolute Gasteiger partial charge is 0.497 e. The Morgan fingerprint density at radius 2 is 1.77 bits per heavy atom. The van der Waals surface area contributed by atoms with Crippen molar-refractivity contribution in [1.29, 1.82) is 0 Å². The Bertz CT molecular complexity index is 424. The van der Waals surface area contributed by atoms with Crippen LogP contribution in [0.2, 0.25) is 0 Å². The Balaban J connectivity index is 0.00000441. The van der Waals surface area contributed by atoms with Crippen LogP contribution in [0.5, 0.6) is 11.5 Å². The van der Waals surface area contributed by atoms with E-state index in [9.17, 15) is 0 Å². The van der Waals surface area contributed by atoms with Crippen molar-refractivity contribution in [3.05, 3.63) is 24.3 Å². The fraction of sp³-hybridized carbons (Fsp3) is 0.562. The molecule has 0 spiro atoms. The third-order valence-electron chi connectivity index (χ3n) is 2.79. The highest BCUT2D eigenvalue weighted by Gasteiger charge is 2.04. The summed E-state index contributed by atoms with van der Waals surface area (Å²) in [7, 11) is 1.65. The van der Waals surface area contributed by atoms with Crippen LogP contribution in [0.15, 0.2) is 29.3 Å². The van der Waals surface area contributed by atoms with Gasteiger partial charge in [-0.1, -0.05) is 6.92 Å². The second kappa shape index (κ2) is 12.4. The van der Waals surface area contributed by atoms with Gasteiger partial charge in [0.15, 0.2) is 5.96 Å². The lowest BCUT2D eigenvalue weighted by Crippen LogP contribution is -2.38. The summed E-state index contributed by atoms with van der Waals surface area (Å²) in [6.45, 7) is 8.57. The van der Waals surface area contributed by atoms with Crippen LogP contribution in [0.4, 0.5) is 0 Å². The van der Waals surface area contributed by atoms with E-state index in [1.807, 2.05) is 31.2 Å². The molecule has 1 aromatic rings. The summed E-state index contributed by atoms with van der Waals surface area (Å²) in [5, 5.41) is 6.49. The van der Waals surface area contributed by atoms with Gasteiger partial charge in [0.2, 0.25) is 0 Å². The van der Waals surface area contributed by atoms with Gasteiger partial charge in [0.25, 0.3) is 0 Å². The summed E-state index contributed by atoms with van der Waals surface area (Å²) >= 11 is 0. The van der Waals surface area contributed by atoms with Crippen molar-refractivity contribution in [2.75, 3.05) is 26.7 Å². The molecular formula is C16H28IN3O2. The van der Waals surface area contributed by atoms with Crippen LogP contribution in [0, 0.1) is 0 Å². The van der Waals surface area contributed by atoms with Crippen molar-refractivity contribution in [3.8, 4) is 11.5 Å². The maximum atomic E-state index is 5.83. The molecule has 0 radical (unpaired) electrons. The number of hydrogen-bond donors (Lipinski definition) is 2. The zero-order chi connectivity index (χ0) is 15.5. The first-order valence-corrected chi connectivity index (χ1v) is 7.52. The molecule has 0 amide bonds. The van der Waals surface area contributed by atoms with Gasteiger partial charge in [-0.3, -0.25) is 0 Å². The smallest absolute Gasteiger partial charge is 0.191 e. The predicted octanol–water partition coefficient (Wildman–Crippen LogP) is 3.05. The number of benzene rings is 1. The van der Waals surface area contributed by atoms with Crippen molar-refractivity contribution in [1.82, 2.24) is 10.6 Å². The minimum atomic E-state index is 0. The average molecular weight is 421 g/mol. The van der Waals surface area contributed by atoms with E-state index >= 15 is 0 Å². The van der Waals surface area contributed by atoms with Crippen LogP contribution < -0.4 is 20.1 Å². The number of methoxy groups -OCH3 is 1. The average Bonchev–Trinajstić information content (AvgIpc) is 2.51. The van der Waals surface area contributed by atoms with Crippen molar-refractivity contribution < 1.29 is 9.47 Å². The molecule has 0 saturated heterocycles. The second-order valence-corrected chi connectivity index (χ2v) is 4.75. The summed E-state index contributed by atoms with van der Waals surface area (Å²) in [6.07, 6.45) is 1.08. The molecule has 22 heavy (non-hydrogen) atoms. The topological polar surface area (TPSA) is 54.9 Å². The molecule has 126 valence electrons. The first-order valence-electron chi connectivity index (χ1n) is 7.52. The molecule has 1 aromatic carbocycles. The summed E-state index contributed by atoms with van der Waals surface area (Å²) in [5.74, 6) is 2.49. The van der Waals surface area contributed by atoms with Gasteiger partial charge < -0.3 is 20.1 Å². The fourth-order valence-corrected chi connectivity index (χ4v) is 1.73. The van der Waals surface area contributed by atoms with Crippen LogP contribution in [0.1, 0.15) is 27.2 Å². The second-order valence-electron chi connectivity index (χ2n) is 4.75. The van der Waals surface area contributed by atoms with E-state index in [2.05, 4.69) is 29.5 Å². The van der Waals surface area contributed by atoms with Gasteiger partial charge in [0, 0.05) is 13.1 Å². The molecule has 0 heterocycles. The number of aliphatic imine (C=N–C) groups is 1. The number of nitrogens with zero attached hydrogens (tertiary/aromatic N) is 1. The molecular weight excluding hydrogens is 393 g/mol. The lowest BCUT2D eigenvalue weighted by molar-refractivity contribution is 0.230. The van der Waals surface area contributed by atoms with Gasteiger partial charge in [-0.15, -0.1) is 24.0 Å². The van der Waals surface area contributed by atoms with Crippen molar-refractivity contribution >= 4 is 29.9 Å². The van der Waals surface area contributed by atoms with E-state index in [1.54, 1.807) is 7.11 Å². The fourth-order valence-electron chi connectivity index (χ4n) is 1.73. The number of ether oxygens (including phenoxy) is 2. The predicted molar refractivity (Wildman–Crippen MR) is 103 cm³/mol. The maximum absolute atomic E-state index is 5.83. The minimum absolute atomic E-state index is 0. The quantitative estimate of drug-likeness (QED) is 0.385. The Hall–Kier alpha value is -1.18. The number of guanidine groups is 1. The van der Waals surface area contributed by atoms with E-state index in [-0.39, 0.29) is 30.1 Å². The lowest BCUT2D eigenvalue weighted by Gasteiger charge is -2.15. The zero-order valence-electron chi connectivity index (χ0n) is 13.9. The molecule has 1 rings (SSSR count). The molecule has 1 atom stereocenters. The van der Waals surface area contributed by atoms with Gasteiger partial charge in [0.1, 0.15) is 17.6 Å². The highest BCUT2D eigenvalue weighted by molar-refractivity contribution is 14.0. The molecule has 0 saturated carbocycles. The minimum Gasteiger partial charge on any atom is -0.497 e.